The first kappa shape index (κ1) is 5.79. The maximum atomic E-state index is 9.89. The van der Waals surface area contributed by atoms with Crippen LogP contribution in [0.5, 0.6) is 0 Å². The molecule has 41 valence electrons. The van der Waals surface area contributed by atoms with Gasteiger partial charge in [-0.25, -0.2) is 0 Å². The summed E-state index contributed by atoms with van der Waals surface area (Å²) in [5.74, 6) is 0. The largest absolute Gasteiger partial charge is 0.285 e. The van der Waals surface area contributed by atoms with Crippen LogP contribution in [0.15, 0.2) is 11.4 Å². The zero-order valence-corrected chi connectivity index (χ0v) is 5.42. The van der Waals surface area contributed by atoms with Gasteiger partial charge in [-0.05, 0) is 11.4 Å². The second kappa shape index (κ2) is 2.29. The third kappa shape index (κ3) is 0.904. The van der Waals surface area contributed by atoms with Gasteiger partial charge in [0, 0.05) is 0 Å². The van der Waals surface area contributed by atoms with Gasteiger partial charge in [0.25, 0.3) is 0 Å². The maximum absolute atomic E-state index is 9.89. The summed E-state index contributed by atoms with van der Waals surface area (Å²) in [6.45, 7) is 0. The first-order valence-corrected chi connectivity index (χ1v) is 3.21. The number of hydrogen-bond donors (Lipinski definition) is 0. The maximum Gasteiger partial charge on any atom is 0.235 e. The fraction of sp³-hybridized carbons (Fsp3) is 0. The Bertz CT molecular complexity index is 194. The van der Waals surface area contributed by atoms with Crippen LogP contribution in [0.4, 0.5) is 0 Å². The van der Waals surface area contributed by atoms with Crippen LogP contribution in [-0.4, -0.2) is 6.29 Å². The Morgan fingerprint density at radius 1 is 1.75 bits per heavy atom. The van der Waals surface area contributed by atoms with Crippen LogP contribution in [0.3, 0.4) is 0 Å². The van der Waals surface area contributed by atoms with E-state index in [2.05, 4.69) is 0 Å². The molecule has 1 aromatic rings. The molecular formula is C5H2ClOS. The second-order valence-corrected chi connectivity index (χ2v) is 2.73. The van der Waals surface area contributed by atoms with Crippen LogP contribution in [0, 0.1) is 0 Å². The van der Waals surface area contributed by atoms with E-state index in [1.54, 1.807) is 17.7 Å². The molecule has 1 rings (SSSR count). The van der Waals surface area contributed by atoms with Crippen LogP contribution >= 0.6 is 22.9 Å². The molecule has 0 amide bonds. The molecule has 1 nitrogen and oxygen atoms in total. The van der Waals surface area contributed by atoms with Gasteiger partial charge in [0.1, 0.15) is 4.34 Å². The molecule has 0 bridgehead atoms. The van der Waals surface area contributed by atoms with E-state index < -0.39 is 0 Å². The monoisotopic (exact) mass is 145 g/mol. The SMILES string of the molecule is O=[C]c1ccsc1Cl. The van der Waals surface area contributed by atoms with Gasteiger partial charge in [-0.1, -0.05) is 11.6 Å². The van der Waals surface area contributed by atoms with Crippen molar-refractivity contribution in [2.45, 2.75) is 0 Å². The quantitative estimate of drug-likeness (QED) is 0.590. The molecule has 0 fully saturated rings. The van der Waals surface area contributed by atoms with Crippen molar-refractivity contribution in [3.05, 3.63) is 21.3 Å². The number of carbonyl (C=O) groups excluding carboxylic acids is 1. The topological polar surface area (TPSA) is 17.1 Å². The normalized spacial score (nSPS) is 9.12. The smallest absolute Gasteiger partial charge is 0.235 e. The summed E-state index contributed by atoms with van der Waals surface area (Å²) in [5.41, 5.74) is 0.455. The lowest BCUT2D eigenvalue weighted by Gasteiger charge is -1.74. The summed E-state index contributed by atoms with van der Waals surface area (Å²) >= 11 is 6.83. The Morgan fingerprint density at radius 3 is 2.75 bits per heavy atom. The van der Waals surface area contributed by atoms with E-state index in [0.29, 0.717) is 9.90 Å². The lowest BCUT2D eigenvalue weighted by atomic mass is 10.4. The van der Waals surface area contributed by atoms with E-state index >= 15 is 0 Å². The van der Waals surface area contributed by atoms with Gasteiger partial charge in [-0.3, -0.25) is 4.79 Å². The molecule has 0 atom stereocenters. The number of rotatable bonds is 1. The van der Waals surface area contributed by atoms with Gasteiger partial charge >= 0.3 is 0 Å². The predicted molar refractivity (Wildman–Crippen MR) is 34.1 cm³/mol. The van der Waals surface area contributed by atoms with Gasteiger partial charge in [-0.15, -0.1) is 11.3 Å². The van der Waals surface area contributed by atoms with Crippen molar-refractivity contribution in [3.63, 3.8) is 0 Å². The highest BCUT2D eigenvalue weighted by atomic mass is 35.5. The highest BCUT2D eigenvalue weighted by Gasteiger charge is 1.97. The molecule has 1 aromatic heterocycles. The van der Waals surface area contributed by atoms with Crippen LogP contribution in [0.2, 0.25) is 4.34 Å². The first-order chi connectivity index (χ1) is 3.84. The van der Waals surface area contributed by atoms with E-state index in [-0.39, 0.29) is 0 Å². The molecule has 0 saturated heterocycles. The third-order valence-corrected chi connectivity index (χ3v) is 1.90. The number of thiophene rings is 1. The van der Waals surface area contributed by atoms with Gasteiger partial charge in [-0.2, -0.15) is 0 Å². The van der Waals surface area contributed by atoms with E-state index in [0.717, 1.165) is 0 Å². The summed E-state index contributed by atoms with van der Waals surface area (Å²) in [6, 6.07) is 1.64. The van der Waals surface area contributed by atoms with Gasteiger partial charge in [0.2, 0.25) is 6.29 Å². The predicted octanol–water partition coefficient (Wildman–Crippen LogP) is 1.86. The van der Waals surface area contributed by atoms with Gasteiger partial charge in [0.15, 0.2) is 0 Å². The zero-order chi connectivity index (χ0) is 5.98. The molecule has 0 aliphatic rings. The lowest BCUT2D eigenvalue weighted by molar-refractivity contribution is 0.563. The van der Waals surface area contributed by atoms with Crippen LogP contribution in [-0.2, 0) is 4.79 Å². The molecular weight excluding hydrogens is 144 g/mol. The fourth-order valence-electron chi connectivity index (χ4n) is 0.365. The summed E-state index contributed by atoms with van der Waals surface area (Å²) in [7, 11) is 0. The molecule has 0 unspecified atom stereocenters. The Balaban J connectivity index is 3.09. The van der Waals surface area contributed by atoms with E-state index in [9.17, 15) is 4.79 Å². The lowest BCUT2D eigenvalue weighted by Crippen LogP contribution is -1.70. The van der Waals surface area contributed by atoms with Gasteiger partial charge < -0.3 is 0 Å². The van der Waals surface area contributed by atoms with Crippen molar-refractivity contribution in [2.24, 2.45) is 0 Å². The highest BCUT2D eigenvalue weighted by Crippen LogP contribution is 2.19. The molecule has 0 aliphatic carbocycles. The van der Waals surface area contributed by atoms with Crippen molar-refractivity contribution in [1.29, 1.82) is 0 Å². The Hall–Kier alpha value is -0.340. The highest BCUT2D eigenvalue weighted by molar-refractivity contribution is 7.14. The first-order valence-electron chi connectivity index (χ1n) is 1.95. The minimum absolute atomic E-state index is 0.455. The minimum atomic E-state index is 0.455. The molecule has 1 radical (unpaired) electrons. The van der Waals surface area contributed by atoms with Gasteiger partial charge in [0.05, 0.1) is 5.56 Å². The minimum Gasteiger partial charge on any atom is -0.285 e. The van der Waals surface area contributed by atoms with E-state index in [1.807, 2.05) is 0 Å². The molecule has 1 heterocycles. The van der Waals surface area contributed by atoms with Crippen molar-refractivity contribution in [3.8, 4) is 0 Å². The Morgan fingerprint density at radius 2 is 2.50 bits per heavy atom. The summed E-state index contributed by atoms with van der Waals surface area (Å²) < 4.78 is 0.514. The fourth-order valence-corrected chi connectivity index (χ4v) is 1.18. The molecule has 8 heavy (non-hydrogen) atoms. The van der Waals surface area contributed by atoms with Crippen LogP contribution < -0.4 is 0 Å². The summed E-state index contributed by atoms with van der Waals surface area (Å²) in [5, 5.41) is 1.75. The molecule has 0 N–H and O–H groups in total. The summed E-state index contributed by atoms with van der Waals surface area (Å²) in [6.07, 6.45) is 1.70. The van der Waals surface area contributed by atoms with Crippen LogP contribution in [0.25, 0.3) is 0 Å². The van der Waals surface area contributed by atoms with Crippen molar-refractivity contribution in [2.75, 3.05) is 0 Å². The number of halogens is 1. The number of hydrogen-bond acceptors (Lipinski definition) is 2. The van der Waals surface area contributed by atoms with Crippen molar-refractivity contribution < 1.29 is 4.79 Å². The summed E-state index contributed by atoms with van der Waals surface area (Å²) in [4.78, 5) is 9.89. The van der Waals surface area contributed by atoms with E-state index in [4.69, 9.17) is 11.6 Å². The van der Waals surface area contributed by atoms with Crippen LogP contribution in [0.1, 0.15) is 5.56 Å². The molecule has 3 heteroatoms. The third-order valence-electron chi connectivity index (χ3n) is 0.728. The van der Waals surface area contributed by atoms with Crippen molar-refractivity contribution >= 4 is 29.2 Å². The average molecular weight is 146 g/mol. The Kier molecular flexibility index (Phi) is 1.65. The molecule has 0 aromatic carbocycles. The van der Waals surface area contributed by atoms with Crippen molar-refractivity contribution in [1.82, 2.24) is 0 Å². The second-order valence-electron chi connectivity index (χ2n) is 1.21. The molecule has 0 spiro atoms. The zero-order valence-electron chi connectivity index (χ0n) is 3.85. The Labute approximate surface area is 55.9 Å². The van der Waals surface area contributed by atoms with E-state index in [1.165, 1.54) is 11.3 Å². The average Bonchev–Trinajstić information content (AvgIpc) is 2.14. The molecule has 0 saturated carbocycles. The standard InChI is InChI=1S/C5H2ClOS/c6-5-4(3-7)1-2-8-5/h1-2H. The molecule has 0 aliphatic heterocycles.